The second-order valence-electron chi connectivity index (χ2n) is 7.78. The number of phosphoric ester groups is 1. The third kappa shape index (κ3) is 36.7. The summed E-state index contributed by atoms with van der Waals surface area (Å²) < 4.78 is 24.9. The van der Waals surface area contributed by atoms with Crippen LogP contribution in [0.1, 0.15) is 93.2 Å². The van der Waals surface area contributed by atoms with E-state index >= 15 is 0 Å². The quantitative estimate of drug-likeness (QED) is 0.0499. The SMILES string of the molecule is C#CC#CC#CC#CC#CC#CC(=O)OC[C@H](COP(=O)([O-])[O-])OC(=O)CCCCCCCCCCCC.S.[HH].[HH].[HH].[HH].[HH].[HH].[HH].[HH].[HH].[HH].[HH].[Na+].[Na+]. The average Bonchev–Trinajstić information content (AvgIpc) is 2.87. The van der Waals surface area contributed by atoms with Crippen molar-refractivity contribution in [2.75, 3.05) is 13.2 Å². The van der Waals surface area contributed by atoms with Gasteiger partial charge in [-0.3, -0.25) is 4.79 Å². The van der Waals surface area contributed by atoms with Crippen LogP contribution < -0.4 is 68.9 Å². The van der Waals surface area contributed by atoms with Gasteiger partial charge < -0.3 is 28.3 Å². The van der Waals surface area contributed by atoms with Gasteiger partial charge in [-0.1, -0.05) is 64.7 Å². The number of phosphoric acid groups is 1. The number of unbranched alkanes of at least 4 members (excludes halogenated alkanes) is 9. The van der Waals surface area contributed by atoms with E-state index in [0.29, 0.717) is 6.42 Å². The minimum absolute atomic E-state index is 0. The fourth-order valence-corrected chi connectivity index (χ4v) is 3.18. The molecule has 0 rings (SSSR count). The molecule has 41 heavy (non-hydrogen) atoms. The third-order valence-electron chi connectivity index (χ3n) is 4.59. The molecule has 12 heteroatoms. The summed E-state index contributed by atoms with van der Waals surface area (Å²) in [6.07, 6.45) is 14.7. The predicted molar refractivity (Wildman–Crippen MR) is 172 cm³/mol. The number of hydrogen-bond acceptors (Lipinski definition) is 8. The Morgan fingerprint density at radius 3 is 1.73 bits per heavy atom. The maximum absolute atomic E-state index is 12.1. The molecule has 0 radical (unpaired) electrons. The van der Waals surface area contributed by atoms with E-state index < -0.39 is 39.1 Å². The maximum atomic E-state index is 12.1. The molecule has 0 heterocycles. The Morgan fingerprint density at radius 1 is 0.780 bits per heavy atom. The van der Waals surface area contributed by atoms with Crippen LogP contribution >= 0.6 is 21.3 Å². The Bertz CT molecular complexity index is 1190. The number of hydrogen-bond donors (Lipinski definition) is 0. The van der Waals surface area contributed by atoms with E-state index in [0.717, 1.165) is 19.3 Å². The summed E-state index contributed by atoms with van der Waals surface area (Å²) in [5.74, 6) is 23.5. The van der Waals surface area contributed by atoms with Crippen molar-refractivity contribution >= 4 is 33.3 Å². The van der Waals surface area contributed by atoms with E-state index in [4.69, 9.17) is 15.9 Å². The summed E-state index contributed by atoms with van der Waals surface area (Å²) in [6.45, 7) is 0.847. The van der Waals surface area contributed by atoms with Crippen molar-refractivity contribution in [1.82, 2.24) is 0 Å². The van der Waals surface area contributed by atoms with Crippen LogP contribution in [0.15, 0.2) is 0 Å². The van der Waals surface area contributed by atoms with Gasteiger partial charge in [-0.15, -0.1) is 6.42 Å². The topological polar surface area (TPSA) is 125 Å². The van der Waals surface area contributed by atoms with Gasteiger partial charge in [0.15, 0.2) is 6.10 Å². The van der Waals surface area contributed by atoms with Crippen LogP contribution in [-0.4, -0.2) is 31.3 Å². The molecule has 232 valence electrons. The van der Waals surface area contributed by atoms with E-state index in [1.807, 2.05) is 0 Å². The Morgan fingerprint density at radius 2 is 1.24 bits per heavy atom. The molecule has 0 fully saturated rings. The van der Waals surface area contributed by atoms with Crippen LogP contribution in [0, 0.1) is 71.5 Å². The van der Waals surface area contributed by atoms with Crippen molar-refractivity contribution in [1.29, 1.82) is 0 Å². The molecule has 0 spiro atoms. The first-order valence-electron chi connectivity index (χ1n) is 12.3. The van der Waals surface area contributed by atoms with Crippen LogP contribution in [0.4, 0.5) is 0 Å². The zero-order chi connectivity index (χ0) is 28.3. The first kappa shape index (κ1) is 46.7. The number of terminal acetylenes is 1. The Kier molecular flexibility index (Phi) is 37.9. The van der Waals surface area contributed by atoms with Crippen LogP contribution in [0.3, 0.4) is 0 Å². The first-order valence-corrected chi connectivity index (χ1v) is 13.7. The average molecular weight is 641 g/mol. The molecule has 0 saturated heterocycles. The molecule has 0 aromatic rings. The van der Waals surface area contributed by atoms with Crippen molar-refractivity contribution in [3.63, 3.8) is 0 Å². The van der Waals surface area contributed by atoms with Crippen molar-refractivity contribution in [3.8, 4) is 71.5 Å². The molecule has 0 bridgehead atoms. The minimum atomic E-state index is -5.31. The van der Waals surface area contributed by atoms with Gasteiger partial charge in [0.05, 0.1) is 14.4 Å². The zero-order valence-corrected chi connectivity index (χ0v) is 30.0. The zero-order valence-electron chi connectivity index (χ0n) is 24.1. The molecular weight excluding hydrogens is 585 g/mol. The molecule has 0 aromatic heterocycles. The van der Waals surface area contributed by atoms with Crippen molar-refractivity contribution < 1.29 is 113 Å². The predicted octanol–water partition coefficient (Wildman–Crippen LogP) is -0.925. The number of carbonyl (C=O) groups excluding carboxylic acids is 2. The van der Waals surface area contributed by atoms with E-state index in [1.54, 1.807) is 0 Å². The molecular formula is C29H55Na2O8PS. The number of carbonyl (C=O) groups is 2. The second-order valence-corrected chi connectivity index (χ2v) is 8.93. The second kappa shape index (κ2) is 33.3. The smallest absolute Gasteiger partial charge is 0.790 e. The van der Waals surface area contributed by atoms with Gasteiger partial charge in [0.25, 0.3) is 0 Å². The van der Waals surface area contributed by atoms with Crippen LogP contribution in [0.25, 0.3) is 0 Å². The van der Waals surface area contributed by atoms with E-state index in [9.17, 15) is 23.9 Å². The summed E-state index contributed by atoms with van der Waals surface area (Å²) in [5, 5.41) is 0. The number of rotatable bonds is 17. The van der Waals surface area contributed by atoms with E-state index in [1.165, 1.54) is 38.5 Å². The fourth-order valence-electron chi connectivity index (χ4n) is 2.83. The summed E-state index contributed by atoms with van der Waals surface area (Å²) in [6, 6.07) is 0. The van der Waals surface area contributed by atoms with Crippen molar-refractivity contribution in [3.05, 3.63) is 0 Å². The first-order chi connectivity index (χ1) is 18.3. The van der Waals surface area contributed by atoms with Crippen LogP contribution in [0.5, 0.6) is 0 Å². The Balaban J connectivity index is -0.0000000752. The summed E-state index contributed by atoms with van der Waals surface area (Å²) in [7, 11) is -5.31. The van der Waals surface area contributed by atoms with Gasteiger partial charge in [0, 0.05) is 28.0 Å². The normalized spacial score (nSPS) is 9.32. The fraction of sp³-hybridized carbons (Fsp3) is 0.517. The standard InChI is InChI=1S/C29H33O8P.2Na.H2S.11H2/c1-3-5-7-9-11-13-15-17-19-21-23-28(30)35-25-27(26-36-38(32,33)34)37-29(31)24-22-20-18-16-14-12-10-8-6-4-2;;;;;;;;;;;;;;/h1,27H,4,6,8,10,12,14,16,18,20,22,24-26H2,2H3,(H2,32,33,34);;;1H2;11*1H/q;2*+1;;;;;;;;;;;;/p-2/t27-;;;;;;;;;;;;;;/m1............../s1. The summed E-state index contributed by atoms with van der Waals surface area (Å²) >= 11 is 0. The van der Waals surface area contributed by atoms with Gasteiger partial charge in [-0.05, 0) is 65.6 Å². The van der Waals surface area contributed by atoms with Gasteiger partial charge in [0.2, 0.25) is 0 Å². The molecule has 0 aliphatic carbocycles. The van der Waals surface area contributed by atoms with Crippen LogP contribution in [-0.2, 0) is 28.2 Å². The molecule has 0 aromatic carbocycles. The molecule has 0 saturated carbocycles. The van der Waals surface area contributed by atoms with Crippen LogP contribution in [0.2, 0.25) is 0 Å². The molecule has 0 unspecified atom stereocenters. The van der Waals surface area contributed by atoms with Crippen molar-refractivity contribution in [2.45, 2.75) is 83.7 Å². The van der Waals surface area contributed by atoms with Gasteiger partial charge >= 0.3 is 71.1 Å². The Labute approximate surface area is 312 Å². The molecule has 0 aliphatic heterocycles. The monoisotopic (exact) mass is 640 g/mol. The molecule has 0 N–H and O–H groups in total. The molecule has 8 nitrogen and oxygen atoms in total. The Hall–Kier alpha value is -1.24. The summed E-state index contributed by atoms with van der Waals surface area (Å²) in [4.78, 5) is 45.4. The van der Waals surface area contributed by atoms with Gasteiger partial charge in [0.1, 0.15) is 6.61 Å². The van der Waals surface area contributed by atoms with Crippen molar-refractivity contribution in [2.24, 2.45) is 0 Å². The molecule has 0 amide bonds. The van der Waals surface area contributed by atoms with E-state index in [-0.39, 0.29) is 94.7 Å². The minimum Gasteiger partial charge on any atom is -0.790 e. The maximum Gasteiger partial charge on any atom is 1.00 e. The number of esters is 2. The third-order valence-corrected chi connectivity index (χ3v) is 5.05. The molecule has 0 aliphatic rings. The van der Waals surface area contributed by atoms with E-state index in [2.05, 4.69) is 76.6 Å². The summed E-state index contributed by atoms with van der Waals surface area (Å²) in [5.41, 5.74) is 0. The number of ether oxygens (including phenoxy) is 2. The molecule has 1 atom stereocenters. The largest absolute Gasteiger partial charge is 1.00 e. The van der Waals surface area contributed by atoms with Gasteiger partial charge in [-0.25, -0.2) is 4.79 Å². The van der Waals surface area contributed by atoms with Gasteiger partial charge in [-0.2, -0.15) is 13.5 Å².